The molecule has 2 aliphatic rings. The van der Waals surface area contributed by atoms with Gasteiger partial charge in [-0.25, -0.2) is 4.98 Å². The van der Waals surface area contributed by atoms with Gasteiger partial charge < -0.3 is 20.4 Å². The van der Waals surface area contributed by atoms with Crippen LogP contribution in [0.15, 0.2) is 41.0 Å². The van der Waals surface area contributed by atoms with Crippen molar-refractivity contribution in [3.8, 4) is 0 Å². The number of allylic oxidation sites excluding steroid dienone is 1. The highest BCUT2D eigenvalue weighted by Crippen LogP contribution is 2.19. The molecule has 1 fully saturated rings. The topological polar surface area (TPSA) is 72.9 Å². The second-order valence-corrected chi connectivity index (χ2v) is 7.59. The number of carbonyl (C=O) groups excluding carboxylic acids is 1. The molecular formula is C22H35IN6O. The van der Waals surface area contributed by atoms with Crippen molar-refractivity contribution in [1.29, 1.82) is 0 Å². The minimum Gasteiger partial charge on any atom is -0.356 e. The first kappa shape index (κ1) is 24.4. The largest absolute Gasteiger partial charge is 0.356 e. The molecule has 0 atom stereocenters. The Bertz CT molecular complexity index is 701. The monoisotopic (exact) mass is 526 g/mol. The first-order valence-electron chi connectivity index (χ1n) is 10.8. The number of nitrogens with one attached hydrogen (secondary N) is 2. The fourth-order valence-corrected chi connectivity index (χ4v) is 3.87. The summed E-state index contributed by atoms with van der Waals surface area (Å²) in [5, 5.41) is 6.62. The number of nitrogens with zero attached hydrogens (tertiary/aromatic N) is 4. The SMILES string of the molecule is CN=C(NCCC(=O)N1CCN(c2ccccn2)CC1)NCCC1=CCCCC1.I. The summed E-state index contributed by atoms with van der Waals surface area (Å²) in [7, 11) is 1.77. The molecule has 1 aromatic rings. The van der Waals surface area contributed by atoms with Gasteiger partial charge in [-0.15, -0.1) is 24.0 Å². The number of amides is 1. The van der Waals surface area contributed by atoms with E-state index in [1.54, 1.807) is 12.6 Å². The lowest BCUT2D eigenvalue weighted by atomic mass is 9.97. The Morgan fingerprint density at radius 2 is 1.93 bits per heavy atom. The Balaban J connectivity index is 0.00000320. The fourth-order valence-electron chi connectivity index (χ4n) is 3.87. The van der Waals surface area contributed by atoms with Crippen LogP contribution in [-0.4, -0.2) is 68.1 Å². The molecule has 7 nitrogen and oxygen atoms in total. The van der Waals surface area contributed by atoms with Gasteiger partial charge in [0.25, 0.3) is 0 Å². The molecule has 0 unspecified atom stereocenters. The third-order valence-corrected chi connectivity index (χ3v) is 5.58. The van der Waals surface area contributed by atoms with Crippen molar-refractivity contribution in [3.63, 3.8) is 0 Å². The van der Waals surface area contributed by atoms with Crippen molar-refractivity contribution in [2.45, 2.75) is 38.5 Å². The number of hydrogen-bond donors (Lipinski definition) is 2. The van der Waals surface area contributed by atoms with Gasteiger partial charge in [0, 0.05) is 58.9 Å². The average Bonchev–Trinajstić information content (AvgIpc) is 2.79. The van der Waals surface area contributed by atoms with Crippen molar-refractivity contribution < 1.29 is 4.79 Å². The van der Waals surface area contributed by atoms with Crippen molar-refractivity contribution in [3.05, 3.63) is 36.0 Å². The molecular weight excluding hydrogens is 491 g/mol. The molecule has 0 spiro atoms. The molecule has 30 heavy (non-hydrogen) atoms. The van der Waals surface area contributed by atoms with Gasteiger partial charge in [-0.3, -0.25) is 9.79 Å². The van der Waals surface area contributed by atoms with E-state index in [-0.39, 0.29) is 29.9 Å². The van der Waals surface area contributed by atoms with Crippen LogP contribution < -0.4 is 15.5 Å². The lowest BCUT2D eigenvalue weighted by Crippen LogP contribution is -2.49. The fraction of sp³-hybridized carbons (Fsp3) is 0.591. The maximum atomic E-state index is 12.5. The smallest absolute Gasteiger partial charge is 0.224 e. The van der Waals surface area contributed by atoms with E-state index in [1.165, 1.54) is 25.7 Å². The predicted octanol–water partition coefficient (Wildman–Crippen LogP) is 2.79. The lowest BCUT2D eigenvalue weighted by molar-refractivity contribution is -0.131. The summed E-state index contributed by atoms with van der Waals surface area (Å²) in [6.45, 7) is 4.64. The Morgan fingerprint density at radius 1 is 1.13 bits per heavy atom. The molecule has 1 saturated heterocycles. The maximum Gasteiger partial charge on any atom is 0.224 e. The molecule has 0 aromatic carbocycles. The number of rotatable bonds is 7. The summed E-state index contributed by atoms with van der Waals surface area (Å²) < 4.78 is 0. The zero-order chi connectivity index (χ0) is 20.3. The van der Waals surface area contributed by atoms with E-state index < -0.39 is 0 Å². The summed E-state index contributed by atoms with van der Waals surface area (Å²) in [5.41, 5.74) is 1.55. The molecule has 0 radical (unpaired) electrons. The molecule has 1 aromatic heterocycles. The average molecular weight is 526 g/mol. The second kappa shape index (κ2) is 13.5. The van der Waals surface area contributed by atoms with Crippen LogP contribution >= 0.6 is 24.0 Å². The van der Waals surface area contributed by atoms with E-state index in [0.29, 0.717) is 13.0 Å². The Morgan fingerprint density at radius 3 is 2.60 bits per heavy atom. The van der Waals surface area contributed by atoms with Gasteiger partial charge in [0.2, 0.25) is 5.91 Å². The highest BCUT2D eigenvalue weighted by molar-refractivity contribution is 14.0. The number of hydrogen-bond acceptors (Lipinski definition) is 4. The number of piperazine rings is 1. The highest BCUT2D eigenvalue weighted by atomic mass is 127. The quantitative estimate of drug-likeness (QED) is 0.248. The number of aromatic nitrogens is 1. The molecule has 3 rings (SSSR count). The summed E-state index contributed by atoms with van der Waals surface area (Å²) in [5.74, 6) is 1.95. The maximum absolute atomic E-state index is 12.5. The highest BCUT2D eigenvalue weighted by Gasteiger charge is 2.21. The van der Waals surface area contributed by atoms with Gasteiger partial charge in [0.1, 0.15) is 5.82 Å². The molecule has 1 aliphatic heterocycles. The normalized spacial score (nSPS) is 17.1. The number of aliphatic imine (C=N–C) groups is 1. The summed E-state index contributed by atoms with van der Waals surface area (Å²) in [6.07, 6.45) is 10.8. The number of anilines is 1. The second-order valence-electron chi connectivity index (χ2n) is 7.59. The standard InChI is InChI=1S/C22H34N6O.HI/c1-23-22(25-13-10-19-7-3-2-4-8-19)26-14-11-21(29)28-17-15-27(16-18-28)20-9-5-6-12-24-20;/h5-7,9,12H,2-4,8,10-11,13-18H2,1H3,(H2,23,25,26);1H. The molecule has 0 bridgehead atoms. The zero-order valence-electron chi connectivity index (χ0n) is 18.0. The first-order valence-corrected chi connectivity index (χ1v) is 10.8. The van der Waals surface area contributed by atoms with Gasteiger partial charge in [-0.05, 0) is 44.2 Å². The third kappa shape index (κ3) is 7.77. The van der Waals surface area contributed by atoms with E-state index in [2.05, 4.69) is 31.6 Å². The molecule has 1 amide bonds. The van der Waals surface area contributed by atoms with Crippen LogP contribution in [0.4, 0.5) is 5.82 Å². The third-order valence-electron chi connectivity index (χ3n) is 5.58. The van der Waals surface area contributed by atoms with E-state index in [9.17, 15) is 4.79 Å². The van der Waals surface area contributed by atoms with Gasteiger partial charge in [-0.1, -0.05) is 17.7 Å². The Hall–Kier alpha value is -1.84. The van der Waals surface area contributed by atoms with Crippen molar-refractivity contribution in [2.24, 2.45) is 4.99 Å². The number of halogens is 1. The van der Waals surface area contributed by atoms with Gasteiger partial charge >= 0.3 is 0 Å². The number of guanidine groups is 1. The lowest BCUT2D eigenvalue weighted by Gasteiger charge is -2.35. The van der Waals surface area contributed by atoms with Gasteiger partial charge in [0.05, 0.1) is 0 Å². The van der Waals surface area contributed by atoms with Crippen molar-refractivity contribution in [1.82, 2.24) is 20.5 Å². The minimum absolute atomic E-state index is 0. The number of pyridine rings is 1. The Kier molecular flexibility index (Phi) is 11.0. The molecule has 2 N–H and O–H groups in total. The molecule has 166 valence electrons. The number of carbonyl (C=O) groups is 1. The molecule has 0 saturated carbocycles. The summed E-state index contributed by atoms with van der Waals surface area (Å²) >= 11 is 0. The van der Waals surface area contributed by atoms with E-state index >= 15 is 0 Å². The van der Waals surface area contributed by atoms with Crippen LogP contribution in [0.2, 0.25) is 0 Å². The minimum atomic E-state index is 0. The van der Waals surface area contributed by atoms with E-state index in [1.807, 2.05) is 29.3 Å². The van der Waals surface area contributed by atoms with Gasteiger partial charge in [0.15, 0.2) is 5.96 Å². The predicted molar refractivity (Wildman–Crippen MR) is 134 cm³/mol. The van der Waals surface area contributed by atoms with Crippen LogP contribution in [0.5, 0.6) is 0 Å². The van der Waals surface area contributed by atoms with Crippen molar-refractivity contribution >= 4 is 41.7 Å². The van der Waals surface area contributed by atoms with E-state index in [0.717, 1.165) is 50.9 Å². The van der Waals surface area contributed by atoms with Crippen LogP contribution in [0, 0.1) is 0 Å². The zero-order valence-corrected chi connectivity index (χ0v) is 20.3. The van der Waals surface area contributed by atoms with Gasteiger partial charge in [-0.2, -0.15) is 0 Å². The van der Waals surface area contributed by atoms with Crippen LogP contribution in [0.25, 0.3) is 0 Å². The summed E-state index contributed by atoms with van der Waals surface area (Å²) in [6, 6.07) is 5.94. The molecule has 8 heteroatoms. The molecule has 1 aliphatic carbocycles. The van der Waals surface area contributed by atoms with Crippen LogP contribution in [0.1, 0.15) is 38.5 Å². The van der Waals surface area contributed by atoms with Crippen LogP contribution in [-0.2, 0) is 4.79 Å². The van der Waals surface area contributed by atoms with Crippen molar-refractivity contribution in [2.75, 3.05) is 51.2 Å². The molecule has 2 heterocycles. The van der Waals surface area contributed by atoms with Crippen LogP contribution in [0.3, 0.4) is 0 Å². The Labute approximate surface area is 197 Å². The van der Waals surface area contributed by atoms with E-state index in [4.69, 9.17) is 0 Å². The summed E-state index contributed by atoms with van der Waals surface area (Å²) in [4.78, 5) is 25.4. The first-order chi connectivity index (χ1) is 14.3.